The monoisotopic (exact) mass is 359 g/mol. The topological polar surface area (TPSA) is 36.0 Å². The number of piperazine rings is 1. The van der Waals surface area contributed by atoms with E-state index in [0.29, 0.717) is 12.5 Å². The molecule has 0 atom stereocenters. The number of para-hydroxylation sites is 1. The first kappa shape index (κ1) is 19.2. The standard InChI is InChI=1S/C21H33N3O2/c1-18-7-5-8-19(2)21(18)26-16-6-11-22-12-14-24(15-13-22)20(25)17-23-9-3-4-10-23/h5,7-8H,3-4,6,9-17H2,1-2H3. The van der Waals surface area contributed by atoms with Gasteiger partial charge in [0.1, 0.15) is 5.75 Å². The molecule has 2 saturated heterocycles. The van der Waals surface area contributed by atoms with Crippen LogP contribution in [-0.2, 0) is 4.79 Å². The summed E-state index contributed by atoms with van der Waals surface area (Å²) in [7, 11) is 0. The summed E-state index contributed by atoms with van der Waals surface area (Å²) in [6, 6.07) is 6.27. The maximum absolute atomic E-state index is 12.4. The average Bonchev–Trinajstić information content (AvgIpc) is 3.14. The second kappa shape index (κ2) is 9.38. The van der Waals surface area contributed by atoms with Crippen LogP contribution in [0.3, 0.4) is 0 Å². The zero-order chi connectivity index (χ0) is 18.4. The van der Waals surface area contributed by atoms with Crippen molar-refractivity contribution >= 4 is 5.91 Å². The van der Waals surface area contributed by atoms with E-state index < -0.39 is 0 Å². The number of rotatable bonds is 7. The lowest BCUT2D eigenvalue weighted by atomic mass is 10.1. The van der Waals surface area contributed by atoms with Gasteiger partial charge in [-0.05, 0) is 57.3 Å². The van der Waals surface area contributed by atoms with Gasteiger partial charge in [0.15, 0.2) is 0 Å². The Hall–Kier alpha value is -1.59. The van der Waals surface area contributed by atoms with Crippen molar-refractivity contribution in [1.82, 2.24) is 14.7 Å². The van der Waals surface area contributed by atoms with Crippen molar-refractivity contribution in [2.75, 3.05) is 59.0 Å². The van der Waals surface area contributed by atoms with E-state index in [2.05, 4.69) is 41.8 Å². The third-order valence-electron chi connectivity index (χ3n) is 5.56. The Morgan fingerprint density at radius 1 is 0.962 bits per heavy atom. The molecular weight excluding hydrogens is 326 g/mol. The molecule has 3 rings (SSSR count). The van der Waals surface area contributed by atoms with Gasteiger partial charge in [-0.3, -0.25) is 14.6 Å². The molecule has 0 saturated carbocycles. The molecule has 5 heteroatoms. The lowest BCUT2D eigenvalue weighted by Gasteiger charge is -2.35. The quantitative estimate of drug-likeness (QED) is 0.700. The third kappa shape index (κ3) is 5.21. The van der Waals surface area contributed by atoms with E-state index in [4.69, 9.17) is 4.74 Å². The molecule has 144 valence electrons. The van der Waals surface area contributed by atoms with E-state index in [1.807, 2.05) is 4.90 Å². The van der Waals surface area contributed by atoms with Gasteiger partial charge in [-0.1, -0.05) is 18.2 Å². The van der Waals surface area contributed by atoms with Crippen LogP contribution in [0.2, 0.25) is 0 Å². The molecule has 2 fully saturated rings. The molecule has 0 unspecified atom stereocenters. The van der Waals surface area contributed by atoms with Gasteiger partial charge >= 0.3 is 0 Å². The summed E-state index contributed by atoms with van der Waals surface area (Å²) in [4.78, 5) is 19.2. The number of hydrogen-bond donors (Lipinski definition) is 0. The number of ether oxygens (including phenoxy) is 1. The van der Waals surface area contributed by atoms with Crippen LogP contribution < -0.4 is 4.74 Å². The third-order valence-corrected chi connectivity index (χ3v) is 5.56. The number of carbonyl (C=O) groups excluding carboxylic acids is 1. The molecule has 0 spiro atoms. The van der Waals surface area contributed by atoms with Crippen molar-refractivity contribution in [3.63, 3.8) is 0 Å². The highest BCUT2D eigenvalue weighted by atomic mass is 16.5. The van der Waals surface area contributed by atoms with Gasteiger partial charge < -0.3 is 9.64 Å². The van der Waals surface area contributed by atoms with E-state index in [1.54, 1.807) is 0 Å². The van der Waals surface area contributed by atoms with E-state index >= 15 is 0 Å². The van der Waals surface area contributed by atoms with Crippen molar-refractivity contribution in [1.29, 1.82) is 0 Å². The van der Waals surface area contributed by atoms with Gasteiger partial charge in [-0.25, -0.2) is 0 Å². The molecule has 2 aliphatic heterocycles. The predicted molar refractivity (Wildman–Crippen MR) is 105 cm³/mol. The number of amides is 1. The smallest absolute Gasteiger partial charge is 0.236 e. The predicted octanol–water partition coefficient (Wildman–Crippen LogP) is 2.31. The van der Waals surface area contributed by atoms with Crippen molar-refractivity contribution in [3.8, 4) is 5.75 Å². The molecule has 1 amide bonds. The molecule has 5 nitrogen and oxygen atoms in total. The highest BCUT2D eigenvalue weighted by Gasteiger charge is 2.23. The Morgan fingerprint density at radius 3 is 2.27 bits per heavy atom. The fourth-order valence-electron chi connectivity index (χ4n) is 3.94. The minimum absolute atomic E-state index is 0.310. The van der Waals surface area contributed by atoms with Crippen molar-refractivity contribution in [2.45, 2.75) is 33.1 Å². The van der Waals surface area contributed by atoms with Crippen LogP contribution in [0.5, 0.6) is 5.75 Å². The van der Waals surface area contributed by atoms with Gasteiger partial charge in [0.25, 0.3) is 0 Å². The number of aryl methyl sites for hydroxylation is 2. The van der Waals surface area contributed by atoms with E-state index in [-0.39, 0.29) is 0 Å². The minimum atomic E-state index is 0.310. The molecule has 1 aromatic carbocycles. The number of hydrogen-bond acceptors (Lipinski definition) is 4. The molecular formula is C21H33N3O2. The molecule has 0 aliphatic carbocycles. The van der Waals surface area contributed by atoms with Crippen LogP contribution in [-0.4, -0.2) is 79.6 Å². The Bertz CT molecular complexity index is 571. The summed E-state index contributed by atoms with van der Waals surface area (Å²) in [5.41, 5.74) is 2.41. The first-order valence-electron chi connectivity index (χ1n) is 10.0. The van der Waals surface area contributed by atoms with Crippen molar-refractivity contribution in [3.05, 3.63) is 29.3 Å². The number of nitrogens with zero attached hydrogens (tertiary/aromatic N) is 3. The lowest BCUT2D eigenvalue weighted by Crippen LogP contribution is -2.51. The van der Waals surface area contributed by atoms with E-state index in [0.717, 1.165) is 64.6 Å². The number of carbonyl (C=O) groups is 1. The highest BCUT2D eigenvalue weighted by Crippen LogP contribution is 2.22. The molecule has 26 heavy (non-hydrogen) atoms. The van der Waals surface area contributed by atoms with E-state index in [1.165, 1.54) is 24.0 Å². The van der Waals surface area contributed by atoms with Crippen LogP contribution in [0.25, 0.3) is 0 Å². The summed E-state index contributed by atoms with van der Waals surface area (Å²) in [5.74, 6) is 1.34. The summed E-state index contributed by atoms with van der Waals surface area (Å²) in [6.07, 6.45) is 3.51. The summed E-state index contributed by atoms with van der Waals surface area (Å²) in [5, 5.41) is 0. The summed E-state index contributed by atoms with van der Waals surface area (Å²) >= 11 is 0. The average molecular weight is 360 g/mol. The Balaban J connectivity index is 1.32. The van der Waals surface area contributed by atoms with Crippen LogP contribution in [0.15, 0.2) is 18.2 Å². The first-order valence-corrected chi connectivity index (χ1v) is 10.0. The Labute approximate surface area is 157 Å². The maximum atomic E-state index is 12.4. The summed E-state index contributed by atoms with van der Waals surface area (Å²) < 4.78 is 6.00. The van der Waals surface area contributed by atoms with Gasteiger partial charge in [0.05, 0.1) is 13.2 Å². The lowest BCUT2D eigenvalue weighted by molar-refractivity contribution is -0.133. The zero-order valence-corrected chi connectivity index (χ0v) is 16.4. The minimum Gasteiger partial charge on any atom is -0.493 e. The van der Waals surface area contributed by atoms with Gasteiger partial charge in [0, 0.05) is 32.7 Å². The molecule has 0 N–H and O–H groups in total. The fraction of sp³-hybridized carbons (Fsp3) is 0.667. The molecule has 2 heterocycles. The first-order chi connectivity index (χ1) is 12.6. The normalized spacial score (nSPS) is 19.1. The van der Waals surface area contributed by atoms with Crippen molar-refractivity contribution < 1.29 is 9.53 Å². The van der Waals surface area contributed by atoms with Gasteiger partial charge in [-0.15, -0.1) is 0 Å². The van der Waals surface area contributed by atoms with Crippen LogP contribution in [0.1, 0.15) is 30.4 Å². The van der Waals surface area contributed by atoms with Crippen LogP contribution in [0, 0.1) is 13.8 Å². The molecule has 0 aromatic heterocycles. The number of benzene rings is 1. The Morgan fingerprint density at radius 2 is 1.62 bits per heavy atom. The van der Waals surface area contributed by atoms with Gasteiger partial charge in [0.2, 0.25) is 5.91 Å². The molecule has 0 radical (unpaired) electrons. The summed E-state index contributed by atoms with van der Waals surface area (Å²) in [6.45, 7) is 12.5. The molecule has 2 aliphatic rings. The van der Waals surface area contributed by atoms with Crippen LogP contribution in [0.4, 0.5) is 0 Å². The maximum Gasteiger partial charge on any atom is 0.236 e. The second-order valence-corrected chi connectivity index (χ2v) is 7.63. The SMILES string of the molecule is Cc1cccc(C)c1OCCCN1CCN(C(=O)CN2CCCC2)CC1. The van der Waals surface area contributed by atoms with Gasteiger partial charge in [-0.2, -0.15) is 0 Å². The fourth-order valence-corrected chi connectivity index (χ4v) is 3.94. The van der Waals surface area contributed by atoms with Crippen molar-refractivity contribution in [2.24, 2.45) is 0 Å². The number of likely N-dealkylation sites (tertiary alicyclic amines) is 1. The largest absolute Gasteiger partial charge is 0.493 e. The highest BCUT2D eigenvalue weighted by molar-refractivity contribution is 5.78. The second-order valence-electron chi connectivity index (χ2n) is 7.63. The molecule has 0 bridgehead atoms. The zero-order valence-electron chi connectivity index (χ0n) is 16.4. The van der Waals surface area contributed by atoms with Crippen LogP contribution >= 0.6 is 0 Å². The van der Waals surface area contributed by atoms with E-state index in [9.17, 15) is 4.79 Å². The molecule has 1 aromatic rings. The Kier molecular flexibility index (Phi) is 6.92.